The molecule has 31 heavy (non-hydrogen) atoms. The third-order valence-corrected chi connectivity index (χ3v) is 6.80. The Kier molecular flexibility index (Phi) is 6.67. The molecule has 2 aromatic heterocycles. The Morgan fingerprint density at radius 1 is 1.13 bits per heavy atom. The minimum Gasteiger partial charge on any atom is -0.497 e. The van der Waals surface area contributed by atoms with E-state index in [0.29, 0.717) is 11.5 Å². The quantitative estimate of drug-likeness (QED) is 0.539. The molecule has 7 nitrogen and oxygen atoms in total. The SMILES string of the molecule is CCOC(=O)c1sc2ncnc(N3CCCN(Cc4ccc(OC)cc4)CC3)c2c1C. The van der Waals surface area contributed by atoms with Gasteiger partial charge in [-0.2, -0.15) is 0 Å². The van der Waals surface area contributed by atoms with Crippen LogP contribution in [0, 0.1) is 6.92 Å². The van der Waals surface area contributed by atoms with Gasteiger partial charge in [0.1, 0.15) is 27.6 Å². The molecule has 4 rings (SSSR count). The lowest BCUT2D eigenvalue weighted by atomic mass is 10.2. The van der Waals surface area contributed by atoms with Crippen molar-refractivity contribution in [3.05, 3.63) is 46.6 Å². The average Bonchev–Trinajstić information content (AvgIpc) is 2.96. The van der Waals surface area contributed by atoms with Gasteiger partial charge in [-0.05, 0) is 43.5 Å². The smallest absolute Gasteiger partial charge is 0.348 e. The van der Waals surface area contributed by atoms with Gasteiger partial charge in [-0.3, -0.25) is 4.90 Å². The largest absolute Gasteiger partial charge is 0.497 e. The second-order valence-corrected chi connectivity index (χ2v) is 8.62. The Bertz CT molecular complexity index is 1050. The van der Waals surface area contributed by atoms with Gasteiger partial charge in [0.2, 0.25) is 0 Å². The highest BCUT2D eigenvalue weighted by molar-refractivity contribution is 7.20. The van der Waals surface area contributed by atoms with Gasteiger partial charge in [-0.25, -0.2) is 14.8 Å². The normalized spacial score (nSPS) is 15.1. The number of rotatable bonds is 6. The highest BCUT2D eigenvalue weighted by Gasteiger charge is 2.24. The van der Waals surface area contributed by atoms with Crippen molar-refractivity contribution in [2.45, 2.75) is 26.8 Å². The number of aromatic nitrogens is 2. The van der Waals surface area contributed by atoms with Gasteiger partial charge in [0.25, 0.3) is 0 Å². The number of thiophene rings is 1. The van der Waals surface area contributed by atoms with Crippen molar-refractivity contribution in [3.8, 4) is 5.75 Å². The van der Waals surface area contributed by atoms with Crippen LogP contribution >= 0.6 is 11.3 Å². The zero-order chi connectivity index (χ0) is 21.8. The summed E-state index contributed by atoms with van der Waals surface area (Å²) in [5, 5.41) is 0.971. The lowest BCUT2D eigenvalue weighted by Gasteiger charge is -2.23. The summed E-state index contributed by atoms with van der Waals surface area (Å²) in [6, 6.07) is 8.28. The van der Waals surface area contributed by atoms with Crippen molar-refractivity contribution < 1.29 is 14.3 Å². The van der Waals surface area contributed by atoms with Crippen molar-refractivity contribution >= 4 is 33.3 Å². The van der Waals surface area contributed by atoms with E-state index < -0.39 is 0 Å². The predicted molar refractivity (Wildman–Crippen MR) is 123 cm³/mol. The minimum absolute atomic E-state index is 0.282. The summed E-state index contributed by atoms with van der Waals surface area (Å²) in [4.78, 5) is 27.6. The summed E-state index contributed by atoms with van der Waals surface area (Å²) in [7, 11) is 1.69. The Morgan fingerprint density at radius 3 is 2.68 bits per heavy atom. The number of methoxy groups -OCH3 is 1. The van der Waals surface area contributed by atoms with E-state index in [0.717, 1.165) is 66.5 Å². The predicted octanol–water partition coefficient (Wildman–Crippen LogP) is 3.90. The van der Waals surface area contributed by atoms with Crippen LogP contribution < -0.4 is 9.64 Å². The maximum Gasteiger partial charge on any atom is 0.348 e. The molecule has 0 saturated carbocycles. The molecule has 1 aromatic carbocycles. The van der Waals surface area contributed by atoms with Crippen LogP contribution in [0.25, 0.3) is 10.2 Å². The van der Waals surface area contributed by atoms with Crippen LogP contribution in [0.5, 0.6) is 5.75 Å². The second-order valence-electron chi connectivity index (χ2n) is 7.62. The van der Waals surface area contributed by atoms with Crippen molar-refractivity contribution in [3.63, 3.8) is 0 Å². The fourth-order valence-corrected chi connectivity index (χ4v) is 5.05. The summed E-state index contributed by atoms with van der Waals surface area (Å²) in [6.07, 6.45) is 2.65. The Balaban J connectivity index is 1.51. The number of hydrogen-bond donors (Lipinski definition) is 0. The van der Waals surface area contributed by atoms with E-state index in [1.54, 1.807) is 13.4 Å². The summed E-state index contributed by atoms with van der Waals surface area (Å²) < 4.78 is 10.5. The molecule has 0 spiro atoms. The number of fused-ring (bicyclic) bond motifs is 1. The molecule has 3 aromatic rings. The number of aryl methyl sites for hydroxylation is 1. The molecule has 0 unspecified atom stereocenters. The van der Waals surface area contributed by atoms with E-state index in [4.69, 9.17) is 9.47 Å². The second kappa shape index (κ2) is 9.62. The van der Waals surface area contributed by atoms with Gasteiger partial charge >= 0.3 is 5.97 Å². The van der Waals surface area contributed by atoms with Gasteiger partial charge in [-0.15, -0.1) is 11.3 Å². The number of carbonyl (C=O) groups is 1. The minimum atomic E-state index is -0.282. The molecule has 0 amide bonds. The lowest BCUT2D eigenvalue weighted by molar-refractivity contribution is 0.0531. The van der Waals surface area contributed by atoms with Crippen molar-refractivity contribution in [1.82, 2.24) is 14.9 Å². The van der Waals surface area contributed by atoms with Crippen molar-refractivity contribution in [2.24, 2.45) is 0 Å². The number of ether oxygens (including phenoxy) is 2. The van der Waals surface area contributed by atoms with E-state index in [1.807, 2.05) is 26.0 Å². The maximum absolute atomic E-state index is 12.3. The third kappa shape index (κ3) is 4.65. The Hall–Kier alpha value is -2.71. The highest BCUT2D eigenvalue weighted by atomic mass is 32.1. The van der Waals surface area contributed by atoms with Gasteiger partial charge in [0.15, 0.2) is 0 Å². The number of hydrogen-bond acceptors (Lipinski definition) is 8. The molecule has 164 valence electrons. The molecule has 3 heterocycles. The molecule has 1 aliphatic rings. The molecule has 1 aliphatic heterocycles. The molecule has 0 N–H and O–H groups in total. The van der Waals surface area contributed by atoms with Crippen LogP contribution in [0.3, 0.4) is 0 Å². The first kappa shape index (κ1) is 21.5. The maximum atomic E-state index is 12.3. The number of esters is 1. The molecular weight excluding hydrogens is 412 g/mol. The fourth-order valence-electron chi connectivity index (χ4n) is 4.01. The monoisotopic (exact) mass is 440 g/mol. The molecule has 1 fully saturated rings. The molecule has 1 saturated heterocycles. The summed E-state index contributed by atoms with van der Waals surface area (Å²) in [5.41, 5.74) is 2.19. The van der Waals surface area contributed by atoms with Crippen LogP contribution in [0.15, 0.2) is 30.6 Å². The Morgan fingerprint density at radius 2 is 1.94 bits per heavy atom. The molecule has 0 atom stereocenters. The van der Waals surface area contributed by atoms with Crippen LogP contribution in [0.1, 0.15) is 34.1 Å². The number of benzene rings is 1. The highest BCUT2D eigenvalue weighted by Crippen LogP contribution is 2.35. The van der Waals surface area contributed by atoms with E-state index in [2.05, 4.69) is 31.9 Å². The Labute approximate surface area is 186 Å². The van der Waals surface area contributed by atoms with Crippen LogP contribution in [0.4, 0.5) is 5.82 Å². The molecular formula is C23H28N4O3S. The van der Waals surface area contributed by atoms with Gasteiger partial charge < -0.3 is 14.4 Å². The fraction of sp³-hybridized carbons (Fsp3) is 0.435. The standard InChI is InChI=1S/C23H28N4O3S/c1-4-30-23(28)20-16(2)19-21(24-15-25-22(19)31-20)27-11-5-10-26(12-13-27)14-17-6-8-18(29-3)9-7-17/h6-9,15H,4-5,10-14H2,1-3H3. The van der Waals surface area contributed by atoms with Crippen molar-refractivity contribution in [2.75, 3.05) is 44.8 Å². The van der Waals surface area contributed by atoms with Gasteiger partial charge in [0, 0.05) is 32.7 Å². The van der Waals surface area contributed by atoms with Gasteiger partial charge in [-0.1, -0.05) is 12.1 Å². The van der Waals surface area contributed by atoms with Crippen LogP contribution in [-0.4, -0.2) is 60.7 Å². The van der Waals surface area contributed by atoms with Crippen LogP contribution in [-0.2, 0) is 11.3 Å². The van der Waals surface area contributed by atoms with E-state index >= 15 is 0 Å². The lowest BCUT2D eigenvalue weighted by Crippen LogP contribution is -2.31. The first-order valence-corrected chi connectivity index (χ1v) is 11.4. The molecule has 8 heteroatoms. The zero-order valence-corrected chi connectivity index (χ0v) is 19.1. The summed E-state index contributed by atoms with van der Waals surface area (Å²) in [6.45, 7) is 8.86. The average molecular weight is 441 g/mol. The molecule has 0 bridgehead atoms. The number of nitrogens with zero attached hydrogens (tertiary/aromatic N) is 4. The summed E-state index contributed by atoms with van der Waals surface area (Å²) >= 11 is 1.39. The third-order valence-electron chi connectivity index (χ3n) is 5.62. The van der Waals surface area contributed by atoms with Crippen LogP contribution in [0.2, 0.25) is 0 Å². The first-order valence-electron chi connectivity index (χ1n) is 10.6. The van der Waals surface area contributed by atoms with Crippen molar-refractivity contribution in [1.29, 1.82) is 0 Å². The summed E-state index contributed by atoms with van der Waals surface area (Å²) in [5.74, 6) is 1.52. The number of carbonyl (C=O) groups excluding carboxylic acids is 1. The number of anilines is 1. The van der Waals surface area contributed by atoms with E-state index in [1.165, 1.54) is 16.9 Å². The van der Waals surface area contributed by atoms with Gasteiger partial charge in [0.05, 0.1) is 19.1 Å². The molecule has 0 aliphatic carbocycles. The first-order chi connectivity index (χ1) is 15.1. The topological polar surface area (TPSA) is 67.8 Å². The van der Waals surface area contributed by atoms with E-state index in [-0.39, 0.29) is 5.97 Å². The molecule has 0 radical (unpaired) electrons. The van der Waals surface area contributed by atoms with E-state index in [9.17, 15) is 4.79 Å². The zero-order valence-electron chi connectivity index (χ0n) is 18.3.